The Balaban J connectivity index is 1.11. The van der Waals surface area contributed by atoms with Crippen LogP contribution in [0, 0.1) is 0 Å². The first kappa shape index (κ1) is 46.4. The lowest BCUT2D eigenvalue weighted by molar-refractivity contribution is 0.0552. The number of carbonyl (C=O) groups excluding carboxylic acids is 2. The van der Waals surface area contributed by atoms with Gasteiger partial charge in [0.25, 0.3) is 0 Å². The summed E-state index contributed by atoms with van der Waals surface area (Å²) in [5.74, 6) is 4.11. The summed E-state index contributed by atoms with van der Waals surface area (Å²) in [5.41, 5.74) is 28.6. The molecule has 0 atom stereocenters. The van der Waals surface area contributed by atoms with Gasteiger partial charge in [0.15, 0.2) is 0 Å². The Bertz CT molecular complexity index is 2340. The average molecular weight is 943 g/mol. The summed E-state index contributed by atoms with van der Waals surface area (Å²) >= 11 is 0. The van der Waals surface area contributed by atoms with Crippen molar-refractivity contribution < 1.29 is 19.1 Å². The van der Waals surface area contributed by atoms with Gasteiger partial charge < -0.3 is 9.47 Å². The van der Waals surface area contributed by atoms with Crippen molar-refractivity contribution in [2.75, 3.05) is 14.2 Å². The Kier molecular flexibility index (Phi) is 12.9. The van der Waals surface area contributed by atoms with E-state index in [4.69, 9.17) is 9.47 Å². The van der Waals surface area contributed by atoms with Crippen LogP contribution in [0.25, 0.3) is 0 Å². The lowest BCUT2D eigenvalue weighted by atomic mass is 9.62. The minimum Gasteiger partial charge on any atom is -0.465 e. The van der Waals surface area contributed by atoms with Crippen molar-refractivity contribution in [1.82, 2.24) is 0 Å². The zero-order chi connectivity index (χ0) is 47.0. The molecule has 0 N–H and O–H groups in total. The van der Waals surface area contributed by atoms with E-state index in [0.29, 0.717) is 23.0 Å². The van der Waals surface area contributed by atoms with Crippen LogP contribution in [0.3, 0.4) is 0 Å². The summed E-state index contributed by atoms with van der Waals surface area (Å²) in [6.45, 7) is 0. The summed E-state index contributed by atoms with van der Waals surface area (Å²) in [6, 6.07) is 0. The normalized spacial score (nSPS) is 24.0. The number of hydrogen-bond donors (Lipinski definition) is 0. The largest absolute Gasteiger partial charge is 0.465 e. The molecule has 0 spiro atoms. The molecule has 4 heteroatoms. The van der Waals surface area contributed by atoms with E-state index in [1.807, 2.05) is 44.5 Å². The molecule has 0 saturated heterocycles. The monoisotopic (exact) mass is 943 g/mol. The molecular formula is C66H86O4. The number of ether oxygens (including phenoxy) is 2. The Labute approximate surface area is 422 Å². The molecule has 0 bridgehead atoms. The first-order valence-corrected chi connectivity index (χ1v) is 30.3. The third-order valence-corrected chi connectivity index (χ3v) is 22.0. The zero-order valence-corrected chi connectivity index (χ0v) is 43.7. The van der Waals surface area contributed by atoms with Gasteiger partial charge in [-0.1, -0.05) is 103 Å². The van der Waals surface area contributed by atoms with Crippen molar-refractivity contribution in [1.29, 1.82) is 0 Å². The molecule has 13 rings (SSSR count). The minimum atomic E-state index is -0.326. The fourth-order valence-corrected chi connectivity index (χ4v) is 19.2. The van der Waals surface area contributed by atoms with E-state index in [1.165, 1.54) is 229 Å². The van der Waals surface area contributed by atoms with E-state index in [2.05, 4.69) is 0 Å². The molecule has 8 saturated carbocycles. The molecule has 0 aliphatic heterocycles. The van der Waals surface area contributed by atoms with Crippen molar-refractivity contribution in [3.8, 4) is 0 Å². The summed E-state index contributed by atoms with van der Waals surface area (Å²) in [6.07, 6.45) is 46.5. The highest BCUT2D eigenvalue weighted by Gasteiger charge is 2.46. The number of fused-ring (bicyclic) bond motifs is 4. The average Bonchev–Trinajstić information content (AvgIpc) is 4.23. The highest BCUT2D eigenvalue weighted by Crippen LogP contribution is 2.59. The van der Waals surface area contributed by atoms with Crippen LogP contribution in [0.5, 0.6) is 0 Å². The summed E-state index contributed by atoms with van der Waals surface area (Å²) < 4.78 is 11.6. The van der Waals surface area contributed by atoms with Crippen LogP contribution in [0.4, 0.5) is 0 Å². The molecule has 0 heterocycles. The lowest BCUT2D eigenvalue weighted by Crippen LogP contribution is -2.29. The molecule has 374 valence electrons. The lowest BCUT2D eigenvalue weighted by Gasteiger charge is -2.42. The standard InChI is InChI=1S/C66H86O4/c1-69-65(67)63-59(43-27-11-12-28-43)53-37-49-50(38-54(53)60(44-29-13-14-30-44)64(63)66(68)70-2)56(40-21-5-6-22-40)48-36-52-51(35-47(48)55(49)39-19-3-4-20-39)57(41-23-7-8-24-41)61(45-31-15-16-32-45)62(46-33-17-18-34-46)58(52)42-25-9-10-26-42/h39-46H,3-38H2,1-2H3. The Hall–Kier alpha value is -3.40. The van der Waals surface area contributed by atoms with Gasteiger partial charge in [-0.25, -0.2) is 9.59 Å². The first-order chi connectivity index (χ1) is 34.5. The van der Waals surface area contributed by atoms with E-state index in [1.54, 1.807) is 22.3 Å². The molecule has 0 unspecified atom stereocenters. The van der Waals surface area contributed by atoms with Crippen molar-refractivity contribution in [2.24, 2.45) is 0 Å². The second-order valence-electron chi connectivity index (χ2n) is 25.4. The molecule has 4 nitrogen and oxygen atoms in total. The van der Waals surface area contributed by atoms with Gasteiger partial charge in [0, 0.05) is 0 Å². The molecule has 0 radical (unpaired) electrons. The van der Waals surface area contributed by atoms with Gasteiger partial charge in [-0.15, -0.1) is 0 Å². The van der Waals surface area contributed by atoms with Gasteiger partial charge in [-0.2, -0.15) is 0 Å². The smallest absolute Gasteiger partial charge is 0.339 e. The molecule has 8 fully saturated rings. The predicted molar refractivity (Wildman–Crippen MR) is 283 cm³/mol. The van der Waals surface area contributed by atoms with Crippen LogP contribution in [0.15, 0.2) is 0 Å². The number of hydrogen-bond acceptors (Lipinski definition) is 4. The van der Waals surface area contributed by atoms with Crippen molar-refractivity contribution >= 4 is 11.9 Å². The van der Waals surface area contributed by atoms with Gasteiger partial charge in [-0.05, 0) is 265 Å². The van der Waals surface area contributed by atoms with Crippen LogP contribution < -0.4 is 0 Å². The number of methoxy groups -OCH3 is 2. The third kappa shape index (κ3) is 7.67. The van der Waals surface area contributed by atoms with E-state index < -0.39 is 0 Å². The molecule has 10 aliphatic rings. The Morgan fingerprint density at radius 3 is 0.657 bits per heavy atom. The molecular weight excluding hydrogens is 857 g/mol. The van der Waals surface area contributed by atoms with Crippen molar-refractivity contribution in [2.45, 2.75) is 278 Å². The molecule has 0 aromatic heterocycles. The third-order valence-electron chi connectivity index (χ3n) is 22.0. The number of rotatable bonds is 10. The van der Waals surface area contributed by atoms with Gasteiger partial charge >= 0.3 is 11.9 Å². The van der Waals surface area contributed by atoms with Gasteiger partial charge in [0.2, 0.25) is 0 Å². The topological polar surface area (TPSA) is 52.6 Å². The Morgan fingerprint density at radius 1 is 0.257 bits per heavy atom. The van der Waals surface area contributed by atoms with Crippen LogP contribution in [-0.4, -0.2) is 26.2 Å². The Morgan fingerprint density at radius 2 is 0.429 bits per heavy atom. The molecule has 0 amide bonds. The van der Waals surface area contributed by atoms with E-state index in [-0.39, 0.29) is 23.8 Å². The highest BCUT2D eigenvalue weighted by atomic mass is 16.5. The fourth-order valence-electron chi connectivity index (χ4n) is 19.2. The molecule has 3 aromatic rings. The van der Waals surface area contributed by atoms with Crippen LogP contribution >= 0.6 is 0 Å². The predicted octanol–water partition coefficient (Wildman–Crippen LogP) is 17.5. The summed E-state index contributed by atoms with van der Waals surface area (Å²) in [4.78, 5) is 29.2. The highest BCUT2D eigenvalue weighted by molar-refractivity contribution is 6.06. The molecule has 10 aliphatic carbocycles. The maximum atomic E-state index is 14.6. The van der Waals surface area contributed by atoms with Crippen molar-refractivity contribution in [3.05, 3.63) is 100 Å². The second-order valence-corrected chi connectivity index (χ2v) is 25.4. The first-order valence-electron chi connectivity index (χ1n) is 30.3. The van der Waals surface area contributed by atoms with Crippen molar-refractivity contribution in [3.63, 3.8) is 0 Å². The van der Waals surface area contributed by atoms with Gasteiger partial charge in [0.1, 0.15) is 0 Å². The quantitative estimate of drug-likeness (QED) is 0.131. The maximum Gasteiger partial charge on any atom is 0.339 e. The van der Waals surface area contributed by atoms with Crippen LogP contribution in [0.2, 0.25) is 0 Å². The van der Waals surface area contributed by atoms with E-state index in [9.17, 15) is 9.59 Å². The zero-order valence-electron chi connectivity index (χ0n) is 43.7. The van der Waals surface area contributed by atoms with Crippen LogP contribution in [0.1, 0.15) is 363 Å². The summed E-state index contributed by atoms with van der Waals surface area (Å²) in [7, 11) is 3.07. The molecule has 70 heavy (non-hydrogen) atoms. The molecule has 3 aromatic carbocycles. The van der Waals surface area contributed by atoms with Gasteiger partial charge in [-0.3, -0.25) is 0 Å². The number of benzene rings is 3. The van der Waals surface area contributed by atoms with E-state index in [0.717, 1.165) is 62.2 Å². The fraction of sp³-hybridized carbons (Fsp3) is 0.697. The number of esters is 2. The van der Waals surface area contributed by atoms with Gasteiger partial charge in [0.05, 0.1) is 25.3 Å². The van der Waals surface area contributed by atoms with E-state index >= 15 is 0 Å². The maximum absolute atomic E-state index is 14.6. The second kappa shape index (κ2) is 19.5. The van der Waals surface area contributed by atoms with Crippen LogP contribution in [-0.2, 0) is 35.2 Å². The number of carbonyl (C=O) groups is 2. The summed E-state index contributed by atoms with van der Waals surface area (Å²) in [5, 5.41) is 0. The SMILES string of the molecule is COC(=O)c1c(C(=O)OC)c(C2CCCC2)c2c(c1C1CCCC1)Cc1c(c(C3CCCC3)c3c(c1C1CCCC1)Cc1c(c(C4CCCC4)c(C4CCCC4)c(C4CCCC4)c1C1CCCC1)C3)C2. The minimum absolute atomic E-state index is 0.269.